The Morgan fingerprint density at radius 1 is 1.14 bits per heavy atom. The zero-order chi connectivity index (χ0) is 26.0. The van der Waals surface area contributed by atoms with Crippen LogP contribution in [0, 0.1) is 18.7 Å². The molecule has 0 radical (unpaired) electrons. The molecule has 9 heteroatoms. The minimum Gasteiger partial charge on any atom is -0.486 e. The van der Waals surface area contributed by atoms with Crippen LogP contribution >= 0.6 is 0 Å². The van der Waals surface area contributed by atoms with Gasteiger partial charge in [-0.25, -0.2) is 14.2 Å². The number of para-hydroxylation sites is 1. The SMILES string of the molecule is C=C(COc1c(C)cccc1F)[C@H](CCCCNC(=O)OC(C)(C)C)NC(=O)c1ccc(F)nc1. The molecule has 1 aromatic carbocycles. The largest absolute Gasteiger partial charge is 0.486 e. The molecule has 0 bridgehead atoms. The van der Waals surface area contributed by atoms with Crippen LogP contribution in [0.15, 0.2) is 48.7 Å². The molecule has 0 spiro atoms. The lowest BCUT2D eigenvalue weighted by molar-refractivity contribution is 0.0527. The second-order valence-electron chi connectivity index (χ2n) is 9.15. The predicted molar refractivity (Wildman–Crippen MR) is 129 cm³/mol. The van der Waals surface area contributed by atoms with Gasteiger partial charge in [-0.15, -0.1) is 0 Å². The molecule has 0 aliphatic carbocycles. The van der Waals surface area contributed by atoms with Gasteiger partial charge in [-0.1, -0.05) is 18.7 Å². The monoisotopic (exact) mass is 489 g/mol. The first-order chi connectivity index (χ1) is 16.5. The summed E-state index contributed by atoms with van der Waals surface area (Å²) < 4.78 is 38.1. The number of amides is 2. The molecule has 1 heterocycles. The van der Waals surface area contributed by atoms with Gasteiger partial charge in [-0.05, 0) is 76.3 Å². The lowest BCUT2D eigenvalue weighted by atomic mass is 10.0. The normalized spacial score (nSPS) is 11.9. The van der Waals surface area contributed by atoms with E-state index in [-0.39, 0.29) is 17.9 Å². The number of hydrogen-bond donors (Lipinski definition) is 2. The highest BCUT2D eigenvalue weighted by molar-refractivity contribution is 5.94. The van der Waals surface area contributed by atoms with Gasteiger partial charge in [0.25, 0.3) is 5.91 Å². The lowest BCUT2D eigenvalue weighted by Crippen LogP contribution is -2.38. The molecule has 190 valence electrons. The third kappa shape index (κ3) is 9.72. The molecular weight excluding hydrogens is 456 g/mol. The van der Waals surface area contributed by atoms with Crippen LogP contribution in [-0.4, -0.2) is 41.8 Å². The molecular formula is C26H33F2N3O4. The zero-order valence-electron chi connectivity index (χ0n) is 20.6. The smallest absolute Gasteiger partial charge is 0.407 e. The summed E-state index contributed by atoms with van der Waals surface area (Å²) in [6, 6.07) is 6.58. The minimum atomic E-state index is -0.686. The van der Waals surface area contributed by atoms with Gasteiger partial charge in [0.15, 0.2) is 11.6 Å². The molecule has 0 aliphatic heterocycles. The van der Waals surface area contributed by atoms with E-state index in [0.29, 0.717) is 36.9 Å². The van der Waals surface area contributed by atoms with Crippen molar-refractivity contribution in [1.82, 2.24) is 15.6 Å². The summed E-state index contributed by atoms with van der Waals surface area (Å²) in [7, 11) is 0. The third-order valence-corrected chi connectivity index (χ3v) is 4.94. The standard InChI is InChI=1S/C26H33F2N3O4/c1-17-9-8-10-20(27)23(17)34-16-18(2)21(31-24(32)19-12-13-22(28)30-15-19)11-6-7-14-29-25(33)35-26(3,4)5/h8-10,12-13,15,21H,2,6-7,11,14,16H2,1,3-5H3,(H,29,33)(H,31,32)/t21-/m0/s1. The fourth-order valence-electron chi connectivity index (χ4n) is 3.17. The number of ether oxygens (including phenoxy) is 2. The van der Waals surface area contributed by atoms with E-state index in [0.717, 1.165) is 12.3 Å². The summed E-state index contributed by atoms with van der Waals surface area (Å²) in [5.74, 6) is -1.49. The van der Waals surface area contributed by atoms with Crippen LogP contribution in [0.2, 0.25) is 0 Å². The van der Waals surface area contributed by atoms with Crippen LogP contribution in [-0.2, 0) is 4.74 Å². The third-order valence-electron chi connectivity index (χ3n) is 4.94. The van der Waals surface area contributed by atoms with Crippen LogP contribution in [0.3, 0.4) is 0 Å². The second-order valence-corrected chi connectivity index (χ2v) is 9.15. The number of alkyl carbamates (subject to hydrolysis) is 1. The Labute approximate surface area is 204 Å². The summed E-state index contributed by atoms with van der Waals surface area (Å²) in [5, 5.41) is 5.55. The van der Waals surface area contributed by atoms with Crippen LogP contribution < -0.4 is 15.4 Å². The Balaban J connectivity index is 1.97. The quantitative estimate of drug-likeness (QED) is 0.261. The van der Waals surface area contributed by atoms with Crippen molar-refractivity contribution in [2.45, 2.75) is 58.6 Å². The van der Waals surface area contributed by atoms with Crippen molar-refractivity contribution in [1.29, 1.82) is 0 Å². The highest BCUT2D eigenvalue weighted by atomic mass is 19.1. The minimum absolute atomic E-state index is 0.00938. The van der Waals surface area contributed by atoms with Crippen LogP contribution in [0.4, 0.5) is 13.6 Å². The maximum atomic E-state index is 14.1. The Bertz CT molecular complexity index is 1000. The van der Waals surface area contributed by atoms with E-state index >= 15 is 0 Å². The molecule has 2 N–H and O–H groups in total. The first kappa shape index (κ1) is 27.8. The van der Waals surface area contributed by atoms with Gasteiger partial charge >= 0.3 is 6.09 Å². The number of carbonyl (C=O) groups excluding carboxylic acids is 2. The van der Waals surface area contributed by atoms with Crippen molar-refractivity contribution >= 4 is 12.0 Å². The van der Waals surface area contributed by atoms with Crippen molar-refractivity contribution in [3.05, 3.63) is 71.6 Å². The number of nitrogens with one attached hydrogen (secondary N) is 2. The van der Waals surface area contributed by atoms with Crippen molar-refractivity contribution in [2.24, 2.45) is 0 Å². The molecule has 0 saturated carbocycles. The Hall–Kier alpha value is -3.49. The Morgan fingerprint density at radius 3 is 2.51 bits per heavy atom. The summed E-state index contributed by atoms with van der Waals surface area (Å²) in [5.41, 5.74) is 0.796. The van der Waals surface area contributed by atoms with Crippen molar-refractivity contribution in [3.8, 4) is 5.75 Å². The van der Waals surface area contributed by atoms with Gasteiger partial charge in [0, 0.05) is 12.7 Å². The van der Waals surface area contributed by atoms with Gasteiger partial charge in [0.1, 0.15) is 12.2 Å². The van der Waals surface area contributed by atoms with E-state index in [1.54, 1.807) is 39.8 Å². The van der Waals surface area contributed by atoms with Crippen molar-refractivity contribution < 1.29 is 27.8 Å². The maximum Gasteiger partial charge on any atom is 0.407 e. The maximum absolute atomic E-state index is 14.1. The molecule has 0 saturated heterocycles. The highest BCUT2D eigenvalue weighted by Gasteiger charge is 2.19. The molecule has 1 aromatic heterocycles. The van der Waals surface area contributed by atoms with Gasteiger partial charge in [-0.2, -0.15) is 4.39 Å². The van der Waals surface area contributed by atoms with Crippen LogP contribution in [0.1, 0.15) is 56.0 Å². The molecule has 2 aromatic rings. The van der Waals surface area contributed by atoms with E-state index in [9.17, 15) is 18.4 Å². The fourth-order valence-corrected chi connectivity index (χ4v) is 3.17. The van der Waals surface area contributed by atoms with E-state index in [1.165, 1.54) is 12.1 Å². The van der Waals surface area contributed by atoms with E-state index in [4.69, 9.17) is 9.47 Å². The number of unbranched alkanes of at least 4 members (excludes halogenated alkanes) is 1. The molecule has 1 atom stereocenters. The van der Waals surface area contributed by atoms with Crippen LogP contribution in [0.25, 0.3) is 0 Å². The molecule has 35 heavy (non-hydrogen) atoms. The van der Waals surface area contributed by atoms with Gasteiger partial charge in [0.2, 0.25) is 5.95 Å². The van der Waals surface area contributed by atoms with E-state index < -0.39 is 35.4 Å². The predicted octanol–water partition coefficient (Wildman–Crippen LogP) is 5.10. The number of hydrogen-bond acceptors (Lipinski definition) is 5. The lowest BCUT2D eigenvalue weighted by Gasteiger charge is -2.22. The first-order valence-corrected chi connectivity index (χ1v) is 11.4. The Morgan fingerprint density at radius 2 is 1.89 bits per heavy atom. The fraction of sp³-hybridized carbons (Fsp3) is 0.423. The second kappa shape index (κ2) is 12.8. The molecule has 7 nitrogen and oxygen atoms in total. The summed E-state index contributed by atoms with van der Waals surface area (Å²) in [6.45, 7) is 11.5. The first-order valence-electron chi connectivity index (χ1n) is 11.4. The number of benzene rings is 1. The number of rotatable bonds is 11. The topological polar surface area (TPSA) is 89.5 Å². The van der Waals surface area contributed by atoms with E-state index in [2.05, 4.69) is 22.2 Å². The number of carbonyl (C=O) groups is 2. The highest BCUT2D eigenvalue weighted by Crippen LogP contribution is 2.23. The van der Waals surface area contributed by atoms with E-state index in [1.807, 2.05) is 0 Å². The number of halogens is 2. The number of aryl methyl sites for hydroxylation is 1. The average molecular weight is 490 g/mol. The number of nitrogens with zero attached hydrogens (tertiary/aromatic N) is 1. The molecule has 0 aliphatic rings. The Kier molecular flexibility index (Phi) is 10.2. The van der Waals surface area contributed by atoms with Crippen LogP contribution in [0.5, 0.6) is 5.75 Å². The zero-order valence-corrected chi connectivity index (χ0v) is 20.6. The van der Waals surface area contributed by atoms with Gasteiger partial charge < -0.3 is 20.1 Å². The van der Waals surface area contributed by atoms with Gasteiger partial charge in [-0.3, -0.25) is 4.79 Å². The summed E-state index contributed by atoms with van der Waals surface area (Å²) in [4.78, 5) is 28.0. The number of pyridine rings is 1. The molecule has 2 amide bonds. The summed E-state index contributed by atoms with van der Waals surface area (Å²) >= 11 is 0. The average Bonchev–Trinajstić information content (AvgIpc) is 2.76. The van der Waals surface area contributed by atoms with Crippen molar-refractivity contribution in [2.75, 3.05) is 13.2 Å². The van der Waals surface area contributed by atoms with Crippen molar-refractivity contribution in [3.63, 3.8) is 0 Å². The van der Waals surface area contributed by atoms with Gasteiger partial charge in [0.05, 0.1) is 11.6 Å². The summed E-state index contributed by atoms with van der Waals surface area (Å²) in [6.07, 6.45) is 2.41. The molecule has 0 unspecified atom stereocenters. The molecule has 0 fully saturated rings. The number of aromatic nitrogens is 1. The molecule has 2 rings (SSSR count).